The summed E-state index contributed by atoms with van der Waals surface area (Å²) in [6.45, 7) is 4.63. The smallest absolute Gasteiger partial charge is 0.0980 e. The molecule has 0 heterocycles. The molecule has 0 spiro atoms. The molecule has 2 unspecified atom stereocenters. The van der Waals surface area contributed by atoms with Crippen LogP contribution in [0.4, 0.5) is 0 Å². The van der Waals surface area contributed by atoms with Crippen LogP contribution < -0.4 is 5.73 Å². The fourth-order valence-corrected chi connectivity index (χ4v) is 2.69. The zero-order chi connectivity index (χ0) is 14.5. The summed E-state index contributed by atoms with van der Waals surface area (Å²) in [5.74, 6) is 0. The Labute approximate surface area is 129 Å². The minimum absolute atomic E-state index is 0.0525. The van der Waals surface area contributed by atoms with Gasteiger partial charge in [0.25, 0.3) is 0 Å². The number of halogens is 1. The van der Waals surface area contributed by atoms with Crippen molar-refractivity contribution in [2.24, 2.45) is 5.73 Å². The number of aryl methyl sites for hydroxylation is 1. The van der Waals surface area contributed by atoms with Crippen LogP contribution in [0, 0.1) is 6.92 Å². The summed E-state index contributed by atoms with van der Waals surface area (Å²) in [6.07, 6.45) is -0.0878. The van der Waals surface area contributed by atoms with Crippen molar-refractivity contribution in [2.45, 2.75) is 32.6 Å². The fraction of sp³-hybridized carbons (Fsp3) is 0.294. The first-order valence-electron chi connectivity index (χ1n) is 6.75. The molecule has 2 atom stereocenters. The van der Waals surface area contributed by atoms with Gasteiger partial charge < -0.3 is 10.5 Å². The Bertz CT molecular complexity index is 568. The molecule has 0 fully saturated rings. The highest BCUT2D eigenvalue weighted by Crippen LogP contribution is 2.25. The van der Waals surface area contributed by atoms with Crippen LogP contribution in [0.1, 0.15) is 29.7 Å². The highest BCUT2D eigenvalue weighted by molar-refractivity contribution is 9.10. The number of benzene rings is 2. The molecule has 0 aromatic heterocycles. The monoisotopic (exact) mass is 333 g/mol. The predicted octanol–water partition coefficient (Wildman–Crippen LogP) is 4.36. The van der Waals surface area contributed by atoms with E-state index in [0.29, 0.717) is 6.61 Å². The van der Waals surface area contributed by atoms with E-state index in [-0.39, 0.29) is 12.1 Å². The predicted molar refractivity (Wildman–Crippen MR) is 86.5 cm³/mol. The summed E-state index contributed by atoms with van der Waals surface area (Å²) in [7, 11) is 0. The molecular formula is C17H20BrNO. The van der Waals surface area contributed by atoms with Crippen molar-refractivity contribution in [2.75, 3.05) is 0 Å². The highest BCUT2D eigenvalue weighted by Gasteiger charge is 2.18. The van der Waals surface area contributed by atoms with Crippen LogP contribution in [0.5, 0.6) is 0 Å². The van der Waals surface area contributed by atoms with Gasteiger partial charge in [-0.3, -0.25) is 0 Å². The van der Waals surface area contributed by atoms with E-state index in [1.165, 1.54) is 5.56 Å². The number of ether oxygens (including phenoxy) is 1. The molecule has 0 bridgehead atoms. The quantitative estimate of drug-likeness (QED) is 0.882. The second-order valence-electron chi connectivity index (χ2n) is 5.08. The Hall–Kier alpha value is -1.16. The lowest BCUT2D eigenvalue weighted by Crippen LogP contribution is -2.27. The molecule has 3 heteroatoms. The third kappa shape index (κ3) is 3.92. The van der Waals surface area contributed by atoms with Gasteiger partial charge in [0.15, 0.2) is 0 Å². The molecule has 2 aromatic carbocycles. The number of hydrogen-bond acceptors (Lipinski definition) is 2. The van der Waals surface area contributed by atoms with Crippen molar-refractivity contribution in [1.29, 1.82) is 0 Å². The SMILES string of the molecule is Cc1ccccc1C(OCc1cccc(Br)c1)C(C)N. The van der Waals surface area contributed by atoms with Crippen LogP contribution in [0.3, 0.4) is 0 Å². The first-order valence-corrected chi connectivity index (χ1v) is 7.54. The van der Waals surface area contributed by atoms with Crippen molar-refractivity contribution in [3.05, 3.63) is 69.7 Å². The lowest BCUT2D eigenvalue weighted by atomic mass is 9.99. The Morgan fingerprint density at radius 2 is 1.90 bits per heavy atom. The van der Waals surface area contributed by atoms with Crippen molar-refractivity contribution < 1.29 is 4.74 Å². The molecule has 20 heavy (non-hydrogen) atoms. The van der Waals surface area contributed by atoms with Crippen LogP contribution >= 0.6 is 15.9 Å². The lowest BCUT2D eigenvalue weighted by molar-refractivity contribution is 0.0255. The summed E-state index contributed by atoms with van der Waals surface area (Å²) in [5.41, 5.74) is 9.61. The third-order valence-corrected chi connectivity index (χ3v) is 3.78. The fourth-order valence-electron chi connectivity index (χ4n) is 2.24. The summed E-state index contributed by atoms with van der Waals surface area (Å²) in [6, 6.07) is 16.3. The number of rotatable bonds is 5. The van der Waals surface area contributed by atoms with Gasteiger partial charge in [-0.15, -0.1) is 0 Å². The maximum atomic E-state index is 6.10. The average Bonchev–Trinajstić information content (AvgIpc) is 2.40. The van der Waals surface area contributed by atoms with Gasteiger partial charge >= 0.3 is 0 Å². The van der Waals surface area contributed by atoms with Gasteiger partial charge in [0.05, 0.1) is 12.7 Å². The minimum Gasteiger partial charge on any atom is -0.367 e. The van der Waals surface area contributed by atoms with E-state index in [4.69, 9.17) is 10.5 Å². The first-order chi connectivity index (χ1) is 9.58. The lowest BCUT2D eigenvalue weighted by Gasteiger charge is -2.23. The molecule has 2 N–H and O–H groups in total. The van der Waals surface area contributed by atoms with Gasteiger partial charge in [-0.1, -0.05) is 52.3 Å². The molecule has 106 valence electrons. The maximum Gasteiger partial charge on any atom is 0.0980 e. The van der Waals surface area contributed by atoms with E-state index in [9.17, 15) is 0 Å². The number of hydrogen-bond donors (Lipinski definition) is 1. The molecule has 0 aliphatic rings. The van der Waals surface area contributed by atoms with Crippen LogP contribution in [0.15, 0.2) is 53.0 Å². The highest BCUT2D eigenvalue weighted by atomic mass is 79.9. The summed E-state index contributed by atoms with van der Waals surface area (Å²) in [5, 5.41) is 0. The molecule has 2 aromatic rings. The van der Waals surface area contributed by atoms with Gasteiger partial charge in [-0.25, -0.2) is 0 Å². The van der Waals surface area contributed by atoms with E-state index >= 15 is 0 Å². The van der Waals surface area contributed by atoms with Gasteiger partial charge in [0, 0.05) is 10.5 Å². The largest absolute Gasteiger partial charge is 0.367 e. The summed E-state index contributed by atoms with van der Waals surface area (Å²) < 4.78 is 7.13. The van der Waals surface area contributed by atoms with Crippen molar-refractivity contribution in [3.63, 3.8) is 0 Å². The molecule has 0 amide bonds. The Kier molecular flexibility index (Phi) is 5.35. The van der Waals surface area contributed by atoms with E-state index in [1.54, 1.807) is 0 Å². The standard InChI is InChI=1S/C17H20BrNO/c1-12-6-3-4-9-16(12)17(13(2)19)20-11-14-7-5-8-15(18)10-14/h3-10,13,17H,11,19H2,1-2H3. The van der Waals surface area contributed by atoms with E-state index < -0.39 is 0 Å². The minimum atomic E-state index is -0.0878. The first kappa shape index (κ1) is 15.2. The maximum absolute atomic E-state index is 6.10. The molecule has 0 aliphatic carbocycles. The molecular weight excluding hydrogens is 314 g/mol. The van der Waals surface area contributed by atoms with E-state index in [2.05, 4.69) is 47.1 Å². The zero-order valence-electron chi connectivity index (χ0n) is 11.8. The molecule has 0 saturated heterocycles. The molecule has 0 aliphatic heterocycles. The Morgan fingerprint density at radius 3 is 2.55 bits per heavy atom. The second-order valence-corrected chi connectivity index (χ2v) is 5.99. The zero-order valence-corrected chi connectivity index (χ0v) is 13.4. The Balaban J connectivity index is 2.13. The van der Waals surface area contributed by atoms with Gasteiger partial charge in [-0.2, -0.15) is 0 Å². The average molecular weight is 334 g/mol. The molecule has 0 saturated carbocycles. The molecule has 2 rings (SSSR count). The van der Waals surface area contributed by atoms with Crippen LogP contribution in [0.2, 0.25) is 0 Å². The molecule has 0 radical (unpaired) electrons. The van der Waals surface area contributed by atoms with Gasteiger partial charge in [0.2, 0.25) is 0 Å². The van der Waals surface area contributed by atoms with Gasteiger partial charge in [-0.05, 0) is 42.7 Å². The topological polar surface area (TPSA) is 35.2 Å². The van der Waals surface area contributed by atoms with E-state index in [1.807, 2.05) is 31.2 Å². The van der Waals surface area contributed by atoms with Crippen molar-refractivity contribution in [3.8, 4) is 0 Å². The van der Waals surface area contributed by atoms with Crippen molar-refractivity contribution >= 4 is 15.9 Å². The summed E-state index contributed by atoms with van der Waals surface area (Å²) >= 11 is 3.47. The van der Waals surface area contributed by atoms with Gasteiger partial charge in [0.1, 0.15) is 0 Å². The Morgan fingerprint density at radius 1 is 1.15 bits per heavy atom. The van der Waals surface area contributed by atoms with E-state index in [0.717, 1.165) is 15.6 Å². The normalized spacial score (nSPS) is 14.0. The van der Waals surface area contributed by atoms with Crippen molar-refractivity contribution in [1.82, 2.24) is 0 Å². The second kappa shape index (κ2) is 7.02. The summed E-state index contributed by atoms with van der Waals surface area (Å²) in [4.78, 5) is 0. The van der Waals surface area contributed by atoms with Crippen LogP contribution in [0.25, 0.3) is 0 Å². The third-order valence-electron chi connectivity index (χ3n) is 3.29. The number of nitrogens with two attached hydrogens (primary N) is 1. The van der Waals surface area contributed by atoms with Crippen LogP contribution in [-0.4, -0.2) is 6.04 Å². The molecule has 2 nitrogen and oxygen atoms in total. The van der Waals surface area contributed by atoms with Crippen LogP contribution in [-0.2, 0) is 11.3 Å².